The first-order valence-corrected chi connectivity index (χ1v) is 9.59. The van der Waals surface area contributed by atoms with Gasteiger partial charge in [-0.2, -0.15) is 0 Å². The van der Waals surface area contributed by atoms with E-state index < -0.39 is 41.7 Å². The van der Waals surface area contributed by atoms with Crippen molar-refractivity contribution in [3.8, 4) is 5.75 Å². The molecular formula is C20H22N2O7. The van der Waals surface area contributed by atoms with Crippen molar-refractivity contribution in [3.63, 3.8) is 0 Å². The average molecular weight is 402 g/mol. The molecule has 0 saturated carbocycles. The third-order valence-corrected chi connectivity index (χ3v) is 5.04. The molecule has 2 N–H and O–H groups in total. The minimum absolute atomic E-state index is 0.000424. The van der Waals surface area contributed by atoms with Crippen LogP contribution in [0.5, 0.6) is 5.75 Å². The summed E-state index contributed by atoms with van der Waals surface area (Å²) >= 11 is 0. The number of carboxylic acid groups (broad SMARTS) is 1. The summed E-state index contributed by atoms with van der Waals surface area (Å²) in [4.78, 5) is 61.7. The third-order valence-electron chi connectivity index (χ3n) is 5.04. The van der Waals surface area contributed by atoms with Crippen LogP contribution in [-0.2, 0) is 14.4 Å². The highest BCUT2D eigenvalue weighted by molar-refractivity contribution is 6.24. The normalized spacial score (nSPS) is 19.8. The van der Waals surface area contributed by atoms with Crippen molar-refractivity contribution in [3.05, 3.63) is 29.3 Å². The fourth-order valence-electron chi connectivity index (χ4n) is 3.55. The minimum atomic E-state index is -1.16. The van der Waals surface area contributed by atoms with Crippen molar-refractivity contribution >= 4 is 29.6 Å². The number of unbranched alkanes of at least 4 members (excludes halogenated alkanes) is 2. The minimum Gasteiger partial charge on any atom is -0.479 e. The summed E-state index contributed by atoms with van der Waals surface area (Å²) in [6.45, 7) is 1.99. The molecule has 2 aliphatic heterocycles. The van der Waals surface area contributed by atoms with Crippen molar-refractivity contribution in [2.45, 2.75) is 57.6 Å². The molecule has 2 heterocycles. The van der Waals surface area contributed by atoms with Gasteiger partial charge in [-0.25, -0.2) is 4.79 Å². The van der Waals surface area contributed by atoms with E-state index in [2.05, 4.69) is 5.32 Å². The zero-order chi connectivity index (χ0) is 21.1. The van der Waals surface area contributed by atoms with Gasteiger partial charge >= 0.3 is 5.97 Å². The van der Waals surface area contributed by atoms with E-state index in [1.807, 2.05) is 6.92 Å². The molecule has 2 aliphatic rings. The molecule has 9 nitrogen and oxygen atoms in total. The largest absolute Gasteiger partial charge is 0.479 e. The van der Waals surface area contributed by atoms with Gasteiger partial charge in [-0.15, -0.1) is 0 Å². The molecule has 0 aliphatic carbocycles. The number of imide groups is 2. The van der Waals surface area contributed by atoms with Crippen molar-refractivity contribution in [2.24, 2.45) is 0 Å². The second kappa shape index (κ2) is 8.42. The lowest BCUT2D eigenvalue weighted by atomic mass is 10.0. The fourth-order valence-corrected chi connectivity index (χ4v) is 3.55. The molecule has 1 saturated heterocycles. The van der Waals surface area contributed by atoms with Crippen LogP contribution in [0.3, 0.4) is 0 Å². The molecule has 4 amide bonds. The maximum atomic E-state index is 13.0. The van der Waals surface area contributed by atoms with Gasteiger partial charge in [0.2, 0.25) is 11.8 Å². The Morgan fingerprint density at radius 2 is 2.00 bits per heavy atom. The zero-order valence-electron chi connectivity index (χ0n) is 16.0. The van der Waals surface area contributed by atoms with Gasteiger partial charge < -0.3 is 9.84 Å². The Kier molecular flexibility index (Phi) is 5.95. The summed E-state index contributed by atoms with van der Waals surface area (Å²) in [5.74, 6) is -3.71. The lowest BCUT2D eigenvalue weighted by Gasteiger charge is -2.27. The average Bonchev–Trinajstić information content (AvgIpc) is 2.93. The van der Waals surface area contributed by atoms with Gasteiger partial charge in [0.05, 0.1) is 11.1 Å². The van der Waals surface area contributed by atoms with Crippen LogP contribution in [-0.4, -0.2) is 51.8 Å². The number of hydrogen-bond donors (Lipinski definition) is 2. The van der Waals surface area contributed by atoms with Crippen LogP contribution in [0.15, 0.2) is 18.2 Å². The molecule has 1 fully saturated rings. The summed E-state index contributed by atoms with van der Waals surface area (Å²) in [5.41, 5.74) is -0.00108. The van der Waals surface area contributed by atoms with Gasteiger partial charge in [-0.05, 0) is 31.4 Å². The number of nitrogens with zero attached hydrogens (tertiary/aromatic N) is 1. The van der Waals surface area contributed by atoms with Crippen LogP contribution < -0.4 is 10.1 Å². The maximum absolute atomic E-state index is 13.0. The second-order valence-electron chi connectivity index (χ2n) is 7.07. The molecular weight excluding hydrogens is 380 g/mol. The predicted octanol–water partition coefficient (Wildman–Crippen LogP) is 1.50. The number of carbonyl (C=O) groups excluding carboxylic acids is 4. The van der Waals surface area contributed by atoms with Gasteiger partial charge in [-0.1, -0.05) is 25.8 Å². The fraction of sp³-hybridized carbons (Fsp3) is 0.450. The first kappa shape index (κ1) is 20.5. The van der Waals surface area contributed by atoms with Gasteiger partial charge in [0, 0.05) is 6.42 Å². The standard InChI is InChI=1S/C20H22N2O7/c1-2-3-4-7-14(20(27)28)29-13-8-5-6-11-16(13)19(26)22(18(11)25)12-9-10-15(23)21-17(12)24/h5-6,8,12,14H,2-4,7,9-10H2,1H3,(H,27,28)(H,21,23,24). The number of hydrogen-bond acceptors (Lipinski definition) is 6. The molecule has 0 radical (unpaired) electrons. The van der Waals surface area contributed by atoms with Gasteiger partial charge in [0.25, 0.3) is 11.8 Å². The number of carbonyl (C=O) groups is 5. The molecule has 0 aromatic heterocycles. The SMILES string of the molecule is CCCCCC(Oc1cccc2c1C(=O)N(C1CCC(=O)NC1=O)C2=O)C(=O)O. The van der Waals surface area contributed by atoms with E-state index >= 15 is 0 Å². The lowest BCUT2D eigenvalue weighted by Crippen LogP contribution is -2.54. The van der Waals surface area contributed by atoms with E-state index in [4.69, 9.17) is 4.74 Å². The molecule has 1 aromatic carbocycles. The molecule has 0 bridgehead atoms. The van der Waals surface area contributed by atoms with Crippen LogP contribution in [0, 0.1) is 0 Å². The molecule has 9 heteroatoms. The van der Waals surface area contributed by atoms with Crippen LogP contribution in [0.25, 0.3) is 0 Å². The summed E-state index contributed by atoms with van der Waals surface area (Å²) in [6.07, 6.45) is 1.60. The predicted molar refractivity (Wildman–Crippen MR) is 99.3 cm³/mol. The highest BCUT2D eigenvalue weighted by atomic mass is 16.5. The van der Waals surface area contributed by atoms with Crippen molar-refractivity contribution < 1.29 is 33.8 Å². The molecule has 1 aromatic rings. The number of carboxylic acids is 1. The number of rotatable bonds is 8. The summed E-state index contributed by atoms with van der Waals surface area (Å²) < 4.78 is 5.61. The Morgan fingerprint density at radius 3 is 2.66 bits per heavy atom. The quantitative estimate of drug-likeness (QED) is 0.498. The number of fused-ring (bicyclic) bond motifs is 1. The van der Waals surface area contributed by atoms with E-state index in [9.17, 15) is 29.1 Å². The first-order valence-electron chi connectivity index (χ1n) is 9.59. The van der Waals surface area contributed by atoms with E-state index in [0.717, 1.165) is 17.7 Å². The molecule has 0 spiro atoms. The summed E-state index contributed by atoms with van der Waals surface area (Å²) in [5, 5.41) is 11.6. The van der Waals surface area contributed by atoms with Crippen LogP contribution >= 0.6 is 0 Å². The Bertz CT molecular complexity index is 880. The van der Waals surface area contributed by atoms with Crippen molar-refractivity contribution in [2.75, 3.05) is 0 Å². The number of nitrogens with one attached hydrogen (secondary N) is 1. The van der Waals surface area contributed by atoms with E-state index in [-0.39, 0.29) is 36.1 Å². The number of aliphatic carboxylic acids is 1. The molecule has 2 atom stereocenters. The summed E-state index contributed by atoms with van der Waals surface area (Å²) in [7, 11) is 0. The first-order chi connectivity index (χ1) is 13.8. The number of piperidine rings is 1. The topological polar surface area (TPSA) is 130 Å². The Balaban J connectivity index is 1.87. The molecule has 154 valence electrons. The van der Waals surface area contributed by atoms with Crippen molar-refractivity contribution in [1.82, 2.24) is 10.2 Å². The highest BCUT2D eigenvalue weighted by Crippen LogP contribution is 2.34. The van der Waals surface area contributed by atoms with Crippen LogP contribution in [0.4, 0.5) is 0 Å². The van der Waals surface area contributed by atoms with E-state index in [1.165, 1.54) is 18.2 Å². The number of benzene rings is 1. The van der Waals surface area contributed by atoms with Gasteiger partial charge in [0.1, 0.15) is 11.8 Å². The Labute approximate surface area is 167 Å². The number of ether oxygens (including phenoxy) is 1. The summed E-state index contributed by atoms with van der Waals surface area (Å²) in [6, 6.07) is 3.28. The third kappa shape index (κ3) is 3.98. The van der Waals surface area contributed by atoms with E-state index in [1.54, 1.807) is 0 Å². The second-order valence-corrected chi connectivity index (χ2v) is 7.07. The highest BCUT2D eigenvalue weighted by Gasteiger charge is 2.46. The number of amides is 4. The Hall–Kier alpha value is -3.23. The zero-order valence-corrected chi connectivity index (χ0v) is 16.0. The van der Waals surface area contributed by atoms with Gasteiger partial charge in [-0.3, -0.25) is 29.4 Å². The maximum Gasteiger partial charge on any atom is 0.344 e. The molecule has 3 rings (SSSR count). The Morgan fingerprint density at radius 1 is 1.24 bits per heavy atom. The smallest absolute Gasteiger partial charge is 0.344 e. The van der Waals surface area contributed by atoms with Gasteiger partial charge in [0.15, 0.2) is 6.10 Å². The van der Waals surface area contributed by atoms with Crippen LogP contribution in [0.1, 0.15) is 66.2 Å². The lowest BCUT2D eigenvalue weighted by molar-refractivity contribution is -0.145. The van der Waals surface area contributed by atoms with Crippen LogP contribution in [0.2, 0.25) is 0 Å². The monoisotopic (exact) mass is 402 g/mol. The van der Waals surface area contributed by atoms with Crippen molar-refractivity contribution in [1.29, 1.82) is 0 Å². The molecule has 29 heavy (non-hydrogen) atoms. The van der Waals surface area contributed by atoms with E-state index in [0.29, 0.717) is 6.42 Å². The molecule has 2 unspecified atom stereocenters.